The summed E-state index contributed by atoms with van der Waals surface area (Å²) >= 11 is 0. The zero-order valence-corrected chi connectivity index (χ0v) is 10.8. The second-order valence-electron chi connectivity index (χ2n) is 3.99. The molecule has 0 saturated heterocycles. The molecular weight excluding hydrogens is 230 g/mol. The molecule has 0 aliphatic rings. The van der Waals surface area contributed by atoms with Crippen molar-refractivity contribution in [3.8, 4) is 0 Å². The number of anilines is 2. The van der Waals surface area contributed by atoms with E-state index in [1.165, 1.54) is 0 Å². The normalized spacial score (nSPS) is 10.4. The summed E-state index contributed by atoms with van der Waals surface area (Å²) in [7, 11) is 3.66. The summed E-state index contributed by atoms with van der Waals surface area (Å²) in [6.45, 7) is 2.71. The fourth-order valence-corrected chi connectivity index (χ4v) is 1.53. The van der Waals surface area contributed by atoms with E-state index in [0.29, 0.717) is 5.95 Å². The van der Waals surface area contributed by atoms with Gasteiger partial charge in [-0.1, -0.05) is 0 Å². The first-order valence-electron chi connectivity index (χ1n) is 5.79. The number of nitrogens with zero attached hydrogens (tertiary/aromatic N) is 5. The summed E-state index contributed by atoms with van der Waals surface area (Å²) in [5.74, 6) is 2.27. The Labute approximate surface area is 106 Å². The van der Waals surface area contributed by atoms with Gasteiger partial charge in [0.2, 0.25) is 5.95 Å². The molecule has 0 spiro atoms. The lowest BCUT2D eigenvalue weighted by Gasteiger charge is -2.08. The average molecular weight is 247 g/mol. The molecule has 2 heterocycles. The number of aryl methyl sites for hydroxylation is 2. The summed E-state index contributed by atoms with van der Waals surface area (Å²) in [6, 6.07) is 0. The molecule has 0 fully saturated rings. The fraction of sp³-hybridized carbons (Fsp3) is 0.455. The Hall–Kier alpha value is -2.18. The largest absolute Gasteiger partial charge is 0.369 e. The van der Waals surface area contributed by atoms with Gasteiger partial charge in [-0.25, -0.2) is 9.97 Å². The molecular formula is C11H17N7. The van der Waals surface area contributed by atoms with E-state index in [1.54, 1.807) is 24.3 Å². The number of hydrogen-bond acceptors (Lipinski definition) is 6. The second-order valence-corrected chi connectivity index (χ2v) is 3.99. The van der Waals surface area contributed by atoms with E-state index in [1.807, 2.05) is 14.0 Å². The molecule has 0 unspecified atom stereocenters. The van der Waals surface area contributed by atoms with E-state index >= 15 is 0 Å². The van der Waals surface area contributed by atoms with E-state index in [4.69, 9.17) is 0 Å². The maximum absolute atomic E-state index is 4.35. The molecule has 0 aliphatic carbocycles. The quantitative estimate of drug-likeness (QED) is 0.805. The Morgan fingerprint density at radius 1 is 1.33 bits per heavy atom. The summed E-state index contributed by atoms with van der Waals surface area (Å²) in [5, 5.41) is 10.4. The van der Waals surface area contributed by atoms with Crippen LogP contribution in [-0.2, 0) is 13.5 Å². The molecule has 7 heteroatoms. The highest BCUT2D eigenvalue weighted by Crippen LogP contribution is 2.11. The van der Waals surface area contributed by atoms with Gasteiger partial charge in [0.1, 0.15) is 12.1 Å². The van der Waals surface area contributed by atoms with Gasteiger partial charge in [0.15, 0.2) is 5.82 Å². The number of nitrogens with one attached hydrogen (secondary N) is 2. The molecule has 7 nitrogen and oxygen atoms in total. The molecule has 0 saturated carbocycles. The van der Waals surface area contributed by atoms with Gasteiger partial charge in [0.05, 0.1) is 0 Å². The summed E-state index contributed by atoms with van der Waals surface area (Å²) in [5.41, 5.74) is 1.02. The summed E-state index contributed by atoms with van der Waals surface area (Å²) in [6.07, 6.45) is 4.25. The predicted molar refractivity (Wildman–Crippen MR) is 69.5 cm³/mol. The van der Waals surface area contributed by atoms with Crippen molar-refractivity contribution in [2.24, 2.45) is 7.05 Å². The van der Waals surface area contributed by atoms with Crippen molar-refractivity contribution in [2.75, 3.05) is 24.2 Å². The highest BCUT2D eigenvalue weighted by molar-refractivity contribution is 5.46. The van der Waals surface area contributed by atoms with Gasteiger partial charge in [-0.3, -0.25) is 4.68 Å². The molecule has 2 rings (SSSR count). The van der Waals surface area contributed by atoms with Crippen molar-refractivity contribution in [1.82, 2.24) is 24.7 Å². The zero-order valence-electron chi connectivity index (χ0n) is 10.8. The van der Waals surface area contributed by atoms with Crippen molar-refractivity contribution >= 4 is 11.8 Å². The van der Waals surface area contributed by atoms with Crippen LogP contribution in [0, 0.1) is 6.92 Å². The lowest BCUT2D eigenvalue weighted by molar-refractivity contribution is 0.741. The average Bonchev–Trinajstić information content (AvgIpc) is 2.77. The van der Waals surface area contributed by atoms with Gasteiger partial charge < -0.3 is 10.6 Å². The maximum atomic E-state index is 4.35. The van der Waals surface area contributed by atoms with Crippen LogP contribution in [0.4, 0.5) is 11.8 Å². The molecule has 0 atom stereocenters. The molecule has 0 aromatic carbocycles. The molecule has 2 aromatic heterocycles. The third-order valence-electron chi connectivity index (χ3n) is 2.48. The highest BCUT2D eigenvalue weighted by atomic mass is 15.3. The smallest absolute Gasteiger partial charge is 0.224 e. The van der Waals surface area contributed by atoms with Crippen LogP contribution in [-0.4, -0.2) is 38.3 Å². The van der Waals surface area contributed by atoms with Gasteiger partial charge in [-0.15, -0.1) is 0 Å². The Kier molecular flexibility index (Phi) is 3.71. The van der Waals surface area contributed by atoms with Gasteiger partial charge in [-0.2, -0.15) is 10.1 Å². The number of hydrogen-bond donors (Lipinski definition) is 2. The van der Waals surface area contributed by atoms with Crippen molar-refractivity contribution in [2.45, 2.75) is 13.3 Å². The van der Waals surface area contributed by atoms with E-state index < -0.39 is 0 Å². The molecule has 18 heavy (non-hydrogen) atoms. The lowest BCUT2D eigenvalue weighted by Crippen LogP contribution is -2.10. The molecule has 0 aliphatic heterocycles. The minimum absolute atomic E-state index is 0.610. The first-order valence-corrected chi connectivity index (χ1v) is 5.79. The van der Waals surface area contributed by atoms with Crippen molar-refractivity contribution in [3.63, 3.8) is 0 Å². The highest BCUT2D eigenvalue weighted by Gasteiger charge is 2.03. The first-order chi connectivity index (χ1) is 8.69. The minimum atomic E-state index is 0.610. The van der Waals surface area contributed by atoms with E-state index in [0.717, 1.165) is 30.2 Å². The van der Waals surface area contributed by atoms with Crippen LogP contribution in [0.15, 0.2) is 12.5 Å². The lowest BCUT2D eigenvalue weighted by atomic mass is 10.3. The monoisotopic (exact) mass is 247 g/mol. The summed E-state index contributed by atoms with van der Waals surface area (Å²) in [4.78, 5) is 12.7. The molecule has 2 aromatic rings. The van der Waals surface area contributed by atoms with Gasteiger partial charge in [-0.05, 0) is 6.92 Å². The second kappa shape index (κ2) is 5.44. The Morgan fingerprint density at radius 2 is 2.17 bits per heavy atom. The summed E-state index contributed by atoms with van der Waals surface area (Å²) < 4.78 is 1.70. The van der Waals surface area contributed by atoms with Crippen molar-refractivity contribution < 1.29 is 0 Å². The topological polar surface area (TPSA) is 80.5 Å². The third kappa shape index (κ3) is 2.93. The maximum Gasteiger partial charge on any atom is 0.224 e. The van der Waals surface area contributed by atoms with Crippen molar-refractivity contribution in [1.29, 1.82) is 0 Å². The molecule has 0 bridgehead atoms. The van der Waals surface area contributed by atoms with E-state index in [2.05, 4.69) is 30.7 Å². The number of aromatic nitrogens is 5. The van der Waals surface area contributed by atoms with Crippen LogP contribution in [0.1, 0.15) is 11.4 Å². The fourth-order valence-electron chi connectivity index (χ4n) is 1.53. The zero-order chi connectivity index (χ0) is 13.0. The predicted octanol–water partition coefficient (Wildman–Crippen LogP) is 0.610. The Bertz CT molecular complexity index is 520. The Morgan fingerprint density at radius 3 is 2.83 bits per heavy atom. The third-order valence-corrected chi connectivity index (χ3v) is 2.48. The van der Waals surface area contributed by atoms with Crippen molar-refractivity contribution in [3.05, 3.63) is 23.9 Å². The first kappa shape index (κ1) is 12.3. The molecule has 2 N–H and O–H groups in total. The van der Waals surface area contributed by atoms with Gasteiger partial charge in [0.25, 0.3) is 0 Å². The molecule has 0 amide bonds. The van der Waals surface area contributed by atoms with Crippen LogP contribution in [0.3, 0.4) is 0 Å². The molecule has 0 radical (unpaired) electrons. The SMILES string of the molecule is CNc1ncc(C)c(NCCc2ncn(C)n2)n1. The molecule has 96 valence electrons. The Balaban J connectivity index is 1.93. The standard InChI is InChI=1S/C11H17N7/c1-8-6-14-11(12-2)16-10(8)13-5-4-9-15-7-18(3)17-9/h6-7H,4-5H2,1-3H3,(H2,12,13,14,16). The van der Waals surface area contributed by atoms with Gasteiger partial charge >= 0.3 is 0 Å². The van der Waals surface area contributed by atoms with Crippen LogP contribution in [0.5, 0.6) is 0 Å². The number of rotatable bonds is 5. The van der Waals surface area contributed by atoms with Crippen LogP contribution >= 0.6 is 0 Å². The minimum Gasteiger partial charge on any atom is -0.369 e. The van der Waals surface area contributed by atoms with Crippen LogP contribution in [0.25, 0.3) is 0 Å². The van der Waals surface area contributed by atoms with Crippen LogP contribution < -0.4 is 10.6 Å². The van der Waals surface area contributed by atoms with E-state index in [-0.39, 0.29) is 0 Å². The van der Waals surface area contributed by atoms with Crippen LogP contribution in [0.2, 0.25) is 0 Å². The van der Waals surface area contributed by atoms with E-state index in [9.17, 15) is 0 Å². The van der Waals surface area contributed by atoms with Gasteiger partial charge in [0, 0.05) is 38.8 Å².